The zero-order chi connectivity index (χ0) is 19.6. The summed E-state index contributed by atoms with van der Waals surface area (Å²) >= 11 is 0. The second-order valence-corrected chi connectivity index (χ2v) is 7.94. The van der Waals surface area contributed by atoms with Crippen LogP contribution in [0.1, 0.15) is 31.0 Å². The quantitative estimate of drug-likeness (QED) is 0.609. The van der Waals surface area contributed by atoms with Crippen LogP contribution in [-0.4, -0.2) is 19.6 Å². The van der Waals surface area contributed by atoms with Gasteiger partial charge in [-0.25, -0.2) is 9.07 Å². The molecule has 1 heterocycles. The van der Waals surface area contributed by atoms with E-state index in [1.54, 1.807) is 16.8 Å². The van der Waals surface area contributed by atoms with E-state index < -0.39 is 7.60 Å². The van der Waals surface area contributed by atoms with Crippen molar-refractivity contribution in [3.05, 3.63) is 77.5 Å². The molecule has 2 aromatic carbocycles. The second kappa shape index (κ2) is 7.61. The van der Waals surface area contributed by atoms with Crippen molar-refractivity contribution < 1.29 is 18.7 Å². The molecule has 0 atom stereocenters. The van der Waals surface area contributed by atoms with E-state index in [4.69, 9.17) is 5.10 Å². The predicted octanol–water partition coefficient (Wildman–Crippen LogP) is 4.95. The van der Waals surface area contributed by atoms with E-state index in [-0.39, 0.29) is 11.7 Å². The molecule has 3 aromatic rings. The molecule has 2 N–H and O–H groups in total. The zero-order valence-corrected chi connectivity index (χ0v) is 15.8. The highest BCUT2D eigenvalue weighted by Gasteiger charge is 2.21. The third kappa shape index (κ3) is 4.42. The maximum Gasteiger partial charge on any atom is 0.349 e. The van der Waals surface area contributed by atoms with E-state index in [0.717, 1.165) is 11.5 Å². The Morgan fingerprint density at radius 1 is 1.07 bits per heavy atom. The first kappa shape index (κ1) is 19.2. The molecule has 27 heavy (non-hydrogen) atoms. The minimum absolute atomic E-state index is 0.0191. The van der Waals surface area contributed by atoms with Crippen LogP contribution in [0.4, 0.5) is 4.39 Å². The zero-order valence-electron chi connectivity index (χ0n) is 15.0. The standard InChI is InChI=1S/C20H20FN2O3P/c1-14(2)19-18(12-13-27(24,25)26)20(15-8-10-16(21)11-9-15)23(22-19)17-6-4-3-5-7-17/h3-14H,1-2H3,(H2,24,25,26). The van der Waals surface area contributed by atoms with Crippen molar-refractivity contribution in [1.29, 1.82) is 0 Å². The molecule has 140 valence electrons. The van der Waals surface area contributed by atoms with Crippen LogP contribution in [0.5, 0.6) is 0 Å². The first-order valence-corrected chi connectivity index (χ1v) is 10.1. The maximum atomic E-state index is 13.4. The summed E-state index contributed by atoms with van der Waals surface area (Å²) < 4.78 is 26.5. The lowest BCUT2D eigenvalue weighted by molar-refractivity contribution is 0.386. The van der Waals surface area contributed by atoms with Crippen LogP contribution in [0.25, 0.3) is 23.0 Å². The van der Waals surface area contributed by atoms with E-state index >= 15 is 0 Å². The minimum Gasteiger partial charge on any atom is -0.321 e. The molecule has 0 aliphatic carbocycles. The third-order valence-corrected chi connectivity index (χ3v) is 4.59. The lowest BCUT2D eigenvalue weighted by Crippen LogP contribution is -2.00. The molecule has 0 saturated heterocycles. The Morgan fingerprint density at radius 3 is 2.26 bits per heavy atom. The van der Waals surface area contributed by atoms with Gasteiger partial charge in [0.15, 0.2) is 0 Å². The molecule has 0 radical (unpaired) electrons. The Bertz CT molecular complexity index is 1010. The molecule has 0 fully saturated rings. The summed E-state index contributed by atoms with van der Waals surface area (Å²) in [4.78, 5) is 18.6. The molecular weight excluding hydrogens is 366 g/mol. The number of rotatable bonds is 5. The number of aromatic nitrogens is 2. The molecule has 5 nitrogen and oxygen atoms in total. The van der Waals surface area contributed by atoms with Gasteiger partial charge in [-0.15, -0.1) is 0 Å². The highest BCUT2D eigenvalue weighted by molar-refractivity contribution is 7.55. The number of hydrogen-bond donors (Lipinski definition) is 2. The SMILES string of the molecule is CC(C)c1nn(-c2ccccc2)c(-c2ccc(F)cc2)c1C=CP(=O)(O)O. The molecular formula is C20H20FN2O3P. The molecule has 0 unspecified atom stereocenters. The summed E-state index contributed by atoms with van der Waals surface area (Å²) in [6, 6.07) is 15.4. The predicted molar refractivity (Wildman–Crippen MR) is 104 cm³/mol. The average Bonchev–Trinajstić information content (AvgIpc) is 3.00. The monoisotopic (exact) mass is 386 g/mol. The van der Waals surface area contributed by atoms with Crippen molar-refractivity contribution in [2.24, 2.45) is 0 Å². The van der Waals surface area contributed by atoms with Crippen LogP contribution in [0.2, 0.25) is 0 Å². The lowest BCUT2D eigenvalue weighted by atomic mass is 10.00. The van der Waals surface area contributed by atoms with E-state index in [1.165, 1.54) is 18.2 Å². The molecule has 0 bridgehead atoms. The van der Waals surface area contributed by atoms with Crippen molar-refractivity contribution in [3.8, 4) is 16.9 Å². The number of halogens is 1. The van der Waals surface area contributed by atoms with Crippen LogP contribution >= 0.6 is 7.60 Å². The van der Waals surface area contributed by atoms with Gasteiger partial charge in [0.1, 0.15) is 5.82 Å². The summed E-state index contributed by atoms with van der Waals surface area (Å²) in [6.07, 6.45) is 1.40. The van der Waals surface area contributed by atoms with Crippen LogP contribution in [0, 0.1) is 5.82 Å². The molecule has 3 rings (SSSR count). The van der Waals surface area contributed by atoms with Gasteiger partial charge in [0.25, 0.3) is 0 Å². The van der Waals surface area contributed by atoms with Crippen LogP contribution in [-0.2, 0) is 4.57 Å². The smallest absolute Gasteiger partial charge is 0.321 e. The van der Waals surface area contributed by atoms with E-state index in [0.29, 0.717) is 22.5 Å². The van der Waals surface area contributed by atoms with Crippen LogP contribution in [0.15, 0.2) is 60.4 Å². The highest BCUT2D eigenvalue weighted by atomic mass is 31.2. The fraction of sp³-hybridized carbons (Fsp3) is 0.150. The number of benzene rings is 2. The van der Waals surface area contributed by atoms with Crippen molar-refractivity contribution >= 4 is 13.7 Å². The van der Waals surface area contributed by atoms with Crippen molar-refractivity contribution in [2.75, 3.05) is 0 Å². The molecule has 1 aromatic heterocycles. The number of para-hydroxylation sites is 1. The van der Waals surface area contributed by atoms with Crippen molar-refractivity contribution in [1.82, 2.24) is 9.78 Å². The van der Waals surface area contributed by atoms with Gasteiger partial charge >= 0.3 is 7.60 Å². The highest BCUT2D eigenvalue weighted by Crippen LogP contribution is 2.40. The summed E-state index contributed by atoms with van der Waals surface area (Å²) in [5.74, 6) is 0.532. The van der Waals surface area contributed by atoms with Gasteiger partial charge in [-0.05, 0) is 48.4 Å². The van der Waals surface area contributed by atoms with Gasteiger partial charge in [-0.2, -0.15) is 5.10 Å². The molecule has 0 aliphatic heterocycles. The van der Waals surface area contributed by atoms with E-state index in [9.17, 15) is 18.7 Å². The molecule has 0 aliphatic rings. The largest absolute Gasteiger partial charge is 0.349 e. The van der Waals surface area contributed by atoms with Crippen molar-refractivity contribution in [3.63, 3.8) is 0 Å². The van der Waals surface area contributed by atoms with Gasteiger partial charge in [-0.3, -0.25) is 4.57 Å². The average molecular weight is 386 g/mol. The fourth-order valence-corrected chi connectivity index (χ4v) is 3.19. The molecule has 0 spiro atoms. The Kier molecular flexibility index (Phi) is 5.42. The first-order chi connectivity index (χ1) is 12.8. The number of hydrogen-bond acceptors (Lipinski definition) is 2. The van der Waals surface area contributed by atoms with Crippen LogP contribution in [0.3, 0.4) is 0 Å². The Labute approximate surface area is 157 Å². The van der Waals surface area contributed by atoms with Gasteiger partial charge < -0.3 is 9.79 Å². The summed E-state index contributed by atoms with van der Waals surface area (Å²) in [7, 11) is -4.34. The van der Waals surface area contributed by atoms with E-state index in [2.05, 4.69) is 0 Å². The Morgan fingerprint density at radius 2 is 1.70 bits per heavy atom. The van der Waals surface area contributed by atoms with Gasteiger partial charge in [0, 0.05) is 16.9 Å². The normalized spacial score (nSPS) is 12.2. The lowest BCUT2D eigenvalue weighted by Gasteiger charge is -2.09. The third-order valence-electron chi connectivity index (χ3n) is 4.05. The summed E-state index contributed by atoms with van der Waals surface area (Å²) in [6.45, 7) is 3.92. The summed E-state index contributed by atoms with van der Waals surface area (Å²) in [5.41, 5.74) is 3.45. The first-order valence-electron chi connectivity index (χ1n) is 8.45. The number of nitrogens with zero attached hydrogens (tertiary/aromatic N) is 2. The molecule has 0 saturated carbocycles. The molecule has 7 heteroatoms. The second-order valence-electron chi connectivity index (χ2n) is 6.46. The van der Waals surface area contributed by atoms with Crippen LogP contribution < -0.4 is 0 Å². The fourth-order valence-electron chi connectivity index (χ4n) is 2.85. The van der Waals surface area contributed by atoms with Gasteiger partial charge in [0.05, 0.1) is 17.1 Å². The Hall–Kier alpha value is -2.53. The minimum atomic E-state index is -4.34. The Balaban J connectivity index is 2.32. The topological polar surface area (TPSA) is 75.4 Å². The maximum absolute atomic E-state index is 13.4. The van der Waals surface area contributed by atoms with Gasteiger partial charge in [0.2, 0.25) is 0 Å². The summed E-state index contributed by atoms with van der Waals surface area (Å²) in [5, 5.41) is 4.70. The van der Waals surface area contributed by atoms with E-state index in [1.807, 2.05) is 44.2 Å². The van der Waals surface area contributed by atoms with Crippen molar-refractivity contribution in [2.45, 2.75) is 19.8 Å². The molecule has 0 amide bonds. The van der Waals surface area contributed by atoms with Gasteiger partial charge in [-0.1, -0.05) is 32.0 Å².